The van der Waals surface area contributed by atoms with Crippen LogP contribution in [0.15, 0.2) is 76.2 Å². The summed E-state index contributed by atoms with van der Waals surface area (Å²) in [6, 6.07) is 4.78. The van der Waals surface area contributed by atoms with Crippen molar-refractivity contribution in [1.82, 2.24) is 5.32 Å². The molecule has 1 unspecified atom stereocenters. The largest absolute Gasteiger partial charge is 0.359 e. The molecule has 48 heavy (non-hydrogen) atoms. The second-order valence-corrected chi connectivity index (χ2v) is 12.9. The van der Waals surface area contributed by atoms with Crippen LogP contribution in [0.3, 0.4) is 0 Å². The van der Waals surface area contributed by atoms with Crippen LogP contribution in [0.2, 0.25) is 0 Å². The highest BCUT2D eigenvalue weighted by Gasteiger charge is 2.18. The van der Waals surface area contributed by atoms with Gasteiger partial charge in [0.2, 0.25) is 0 Å². The maximum Gasteiger partial charge on any atom is 0.0397 e. The number of allylic oxidation sites excluding steroid dienone is 7. The summed E-state index contributed by atoms with van der Waals surface area (Å²) in [7, 11) is 0. The summed E-state index contributed by atoms with van der Waals surface area (Å²) in [4.78, 5) is 3.86. The lowest BCUT2D eigenvalue weighted by molar-refractivity contribution is 0.496. The van der Waals surface area contributed by atoms with Crippen molar-refractivity contribution in [1.29, 1.82) is 0 Å². The fraction of sp³-hybridized carbons (Fsp3) is 0.630. The minimum absolute atomic E-state index is 0.456. The zero-order chi connectivity index (χ0) is 37.5. The second-order valence-electron chi connectivity index (χ2n) is 12.9. The normalized spacial score (nSPS) is 12.7. The van der Waals surface area contributed by atoms with E-state index in [2.05, 4.69) is 111 Å². The second kappa shape index (κ2) is 32.9. The predicted octanol–water partition coefficient (Wildman–Crippen LogP) is 15.3. The molecule has 0 amide bonds. The molecule has 2 heteroatoms. The van der Waals surface area contributed by atoms with Gasteiger partial charge in [-0.2, -0.15) is 0 Å². The van der Waals surface area contributed by atoms with Crippen LogP contribution in [0.1, 0.15) is 182 Å². The summed E-state index contributed by atoms with van der Waals surface area (Å²) in [5.41, 5.74) is 13.3. The van der Waals surface area contributed by atoms with E-state index >= 15 is 0 Å². The molecule has 0 saturated heterocycles. The number of nitrogens with zero attached hydrogens (tertiary/aromatic N) is 1. The lowest BCUT2D eigenvalue weighted by Crippen LogP contribution is -2.23. The Kier molecular flexibility index (Phi) is 34.1. The fourth-order valence-electron chi connectivity index (χ4n) is 5.67. The van der Waals surface area contributed by atoms with Crippen LogP contribution in [0.4, 0.5) is 0 Å². The standard InChI is InChI=1S/C29H43N.C8H15N.C5H12.2C2H6/c1-9-10-11-15-27(25(8)30-29-21(4)13-12-14-22(29)5)19-26-17-23(6)28(16-20(2)3)24(7)18-26;1-4-6-7-8(5-2)9-3;1-3-5-4-2;2*1-2/h13,17-18,27,30H,2,8-12,14-16,19H2,1,3-7H3;5H,3-4,6-7H2,1-2H3;3-5H2,1-2H3;2*1-2H3/b;8-5-;;;. The Balaban J connectivity index is -0.000000929. The van der Waals surface area contributed by atoms with E-state index in [4.69, 9.17) is 0 Å². The molecule has 2 rings (SSSR count). The number of hydrogen-bond acceptors (Lipinski definition) is 2. The molecule has 1 N–H and O–H groups in total. The summed E-state index contributed by atoms with van der Waals surface area (Å²) in [5, 5.41) is 3.74. The van der Waals surface area contributed by atoms with E-state index < -0.39 is 0 Å². The van der Waals surface area contributed by atoms with E-state index in [9.17, 15) is 0 Å². The molecule has 1 aliphatic carbocycles. The molecule has 1 aromatic rings. The van der Waals surface area contributed by atoms with E-state index in [1.165, 1.54) is 108 Å². The van der Waals surface area contributed by atoms with Crippen molar-refractivity contribution >= 4 is 6.72 Å². The van der Waals surface area contributed by atoms with Crippen molar-refractivity contribution in [2.75, 3.05) is 0 Å². The predicted molar refractivity (Wildman–Crippen MR) is 224 cm³/mol. The summed E-state index contributed by atoms with van der Waals surface area (Å²) >= 11 is 0. The van der Waals surface area contributed by atoms with Crippen molar-refractivity contribution in [3.8, 4) is 0 Å². The molecule has 276 valence electrons. The molecular weight excluding hydrogens is 581 g/mol. The molecule has 0 radical (unpaired) electrons. The third kappa shape index (κ3) is 22.9. The van der Waals surface area contributed by atoms with Crippen molar-refractivity contribution in [2.24, 2.45) is 10.9 Å². The van der Waals surface area contributed by atoms with Gasteiger partial charge >= 0.3 is 0 Å². The van der Waals surface area contributed by atoms with Gasteiger partial charge in [-0.05, 0) is 127 Å². The maximum absolute atomic E-state index is 4.51. The molecule has 0 heterocycles. The maximum atomic E-state index is 4.51. The summed E-state index contributed by atoms with van der Waals surface area (Å²) in [6.45, 7) is 42.0. The summed E-state index contributed by atoms with van der Waals surface area (Å²) in [6.07, 6.45) is 21.3. The highest BCUT2D eigenvalue weighted by Crippen LogP contribution is 2.29. The number of aryl methyl sites for hydroxylation is 2. The monoisotopic (exact) mass is 663 g/mol. The molecule has 1 aliphatic rings. The van der Waals surface area contributed by atoms with Crippen LogP contribution in [0.25, 0.3) is 0 Å². The topological polar surface area (TPSA) is 24.4 Å². The van der Waals surface area contributed by atoms with Crippen LogP contribution in [-0.2, 0) is 12.8 Å². The molecule has 1 atom stereocenters. The first-order chi connectivity index (χ1) is 23.0. The average molecular weight is 663 g/mol. The number of benzene rings is 1. The van der Waals surface area contributed by atoms with Crippen molar-refractivity contribution in [3.05, 3.63) is 93.5 Å². The van der Waals surface area contributed by atoms with Crippen molar-refractivity contribution < 1.29 is 0 Å². The van der Waals surface area contributed by atoms with Crippen molar-refractivity contribution in [3.63, 3.8) is 0 Å². The molecular formula is C46H82N2. The van der Waals surface area contributed by atoms with Gasteiger partial charge in [0.1, 0.15) is 0 Å². The van der Waals surface area contributed by atoms with Gasteiger partial charge in [-0.1, -0.05) is 143 Å². The minimum atomic E-state index is 0.456. The first-order valence-electron chi connectivity index (χ1n) is 19.7. The summed E-state index contributed by atoms with van der Waals surface area (Å²) in [5.74, 6) is 0.456. The summed E-state index contributed by atoms with van der Waals surface area (Å²) < 4.78 is 0. The first kappa shape index (κ1) is 49.8. The number of rotatable bonds is 17. The number of nitrogens with one attached hydrogen (secondary N) is 1. The molecule has 0 aromatic heterocycles. The van der Waals surface area contributed by atoms with E-state index in [-0.39, 0.29) is 0 Å². The molecule has 0 bridgehead atoms. The Morgan fingerprint density at radius 1 is 0.854 bits per heavy atom. The zero-order valence-electron chi connectivity index (χ0n) is 34.9. The SMILES string of the molecule is C=C(C)Cc1c(C)cc(CC(CCCCC)C(=C)NC2=C(C)CCC=C2C)cc1C.C=N/C(=C\C)CCCC.CC.CC.CCCCC. The lowest BCUT2D eigenvalue weighted by atomic mass is 9.87. The van der Waals surface area contributed by atoms with Crippen LogP contribution >= 0.6 is 0 Å². The lowest BCUT2D eigenvalue weighted by Gasteiger charge is -2.26. The van der Waals surface area contributed by atoms with Crippen LogP contribution in [0, 0.1) is 19.8 Å². The van der Waals surface area contributed by atoms with Gasteiger partial charge in [-0.25, -0.2) is 0 Å². The molecule has 1 aromatic carbocycles. The Hall–Kier alpha value is -2.61. The third-order valence-electron chi connectivity index (χ3n) is 8.47. The zero-order valence-corrected chi connectivity index (χ0v) is 34.9. The molecule has 0 spiro atoms. The Labute approximate surface area is 302 Å². The van der Waals surface area contributed by atoms with Gasteiger partial charge < -0.3 is 5.32 Å². The van der Waals surface area contributed by atoms with E-state index in [1.54, 1.807) is 0 Å². The first-order valence-corrected chi connectivity index (χ1v) is 19.7. The fourth-order valence-corrected chi connectivity index (χ4v) is 5.67. The Bertz CT molecular complexity index is 1070. The highest BCUT2D eigenvalue weighted by molar-refractivity contribution is 5.41. The number of hydrogen-bond donors (Lipinski definition) is 1. The number of aliphatic imine (C=N–C) groups is 1. The van der Waals surface area contributed by atoms with Crippen molar-refractivity contribution in [2.45, 2.75) is 187 Å². The van der Waals surface area contributed by atoms with E-state index in [0.717, 1.165) is 37.8 Å². The van der Waals surface area contributed by atoms with Gasteiger partial charge in [0.25, 0.3) is 0 Å². The van der Waals surface area contributed by atoms with Gasteiger partial charge in [-0.15, -0.1) is 0 Å². The van der Waals surface area contributed by atoms with E-state index in [1.807, 2.05) is 40.7 Å². The van der Waals surface area contributed by atoms with Crippen LogP contribution in [0.5, 0.6) is 0 Å². The van der Waals surface area contributed by atoms with Gasteiger partial charge in [0.05, 0.1) is 0 Å². The molecule has 0 fully saturated rings. The third-order valence-corrected chi connectivity index (χ3v) is 8.47. The Morgan fingerprint density at radius 2 is 1.40 bits per heavy atom. The Morgan fingerprint density at radius 3 is 1.81 bits per heavy atom. The highest BCUT2D eigenvalue weighted by atomic mass is 14.9. The minimum Gasteiger partial charge on any atom is -0.359 e. The molecule has 2 nitrogen and oxygen atoms in total. The van der Waals surface area contributed by atoms with Crippen LogP contribution in [-0.4, -0.2) is 6.72 Å². The number of unbranched alkanes of at least 4 members (excludes halogenated alkanes) is 5. The molecule has 0 saturated carbocycles. The molecule has 0 aliphatic heterocycles. The van der Waals surface area contributed by atoms with Crippen LogP contribution < -0.4 is 5.32 Å². The quantitative estimate of drug-likeness (QED) is 0.100. The van der Waals surface area contributed by atoms with Gasteiger partial charge in [-0.3, -0.25) is 4.99 Å². The van der Waals surface area contributed by atoms with Gasteiger partial charge in [0, 0.05) is 23.0 Å². The van der Waals surface area contributed by atoms with Gasteiger partial charge in [0.15, 0.2) is 0 Å². The average Bonchev–Trinajstić information content (AvgIpc) is 3.07. The van der Waals surface area contributed by atoms with E-state index in [0.29, 0.717) is 5.92 Å². The smallest absolute Gasteiger partial charge is 0.0397 e.